The van der Waals surface area contributed by atoms with Crippen LogP contribution in [0.15, 0.2) is 18.2 Å². The highest BCUT2D eigenvalue weighted by Gasteiger charge is 2.21. The third-order valence-corrected chi connectivity index (χ3v) is 5.40. The Balaban J connectivity index is 1.65. The quantitative estimate of drug-likeness (QED) is 0.833. The molecule has 128 valence electrons. The maximum absolute atomic E-state index is 12.4. The number of ether oxygens (including phenoxy) is 2. The first-order valence-electron chi connectivity index (χ1n) is 8.11. The van der Waals surface area contributed by atoms with E-state index in [2.05, 4.69) is 4.98 Å². The second kappa shape index (κ2) is 7.21. The third kappa shape index (κ3) is 3.53. The first-order chi connectivity index (χ1) is 11.6. The molecule has 3 rings (SSSR count). The predicted molar refractivity (Wildman–Crippen MR) is 95.4 cm³/mol. The van der Waals surface area contributed by atoms with Crippen LogP contribution < -0.4 is 14.4 Å². The molecule has 1 heterocycles. The number of aryl methyl sites for hydroxylation is 3. The van der Waals surface area contributed by atoms with Crippen molar-refractivity contribution in [3.8, 4) is 11.5 Å². The fourth-order valence-corrected chi connectivity index (χ4v) is 3.85. The van der Waals surface area contributed by atoms with Crippen molar-refractivity contribution in [3.63, 3.8) is 0 Å². The summed E-state index contributed by atoms with van der Waals surface area (Å²) in [6, 6.07) is 5.64. The van der Waals surface area contributed by atoms with Crippen LogP contribution in [-0.4, -0.2) is 31.7 Å². The molecule has 0 spiro atoms. The number of hydrogen-bond acceptors (Lipinski definition) is 5. The van der Waals surface area contributed by atoms with Crippen LogP contribution >= 0.6 is 11.3 Å². The molecule has 24 heavy (non-hydrogen) atoms. The Labute approximate surface area is 146 Å². The van der Waals surface area contributed by atoms with Crippen LogP contribution in [0.1, 0.15) is 29.0 Å². The van der Waals surface area contributed by atoms with E-state index >= 15 is 0 Å². The molecule has 6 heteroatoms. The van der Waals surface area contributed by atoms with Crippen molar-refractivity contribution in [1.82, 2.24) is 4.98 Å². The van der Waals surface area contributed by atoms with Crippen molar-refractivity contribution in [2.75, 3.05) is 25.7 Å². The van der Waals surface area contributed by atoms with Gasteiger partial charge in [-0.15, -0.1) is 11.3 Å². The minimum absolute atomic E-state index is 0.0415. The number of benzene rings is 1. The monoisotopic (exact) mass is 346 g/mol. The zero-order valence-corrected chi connectivity index (χ0v) is 15.1. The Morgan fingerprint density at radius 2 is 2.08 bits per heavy atom. The topological polar surface area (TPSA) is 51.7 Å². The van der Waals surface area contributed by atoms with Gasteiger partial charge in [-0.2, -0.15) is 0 Å². The number of methoxy groups -OCH3 is 1. The SMILES string of the molecule is COc1cc(C)ccc1OCC(=O)N(C)c1nc2c(s1)CCCC2. The number of aromatic nitrogens is 1. The molecule has 2 aromatic rings. The van der Waals surface area contributed by atoms with Gasteiger partial charge in [0.25, 0.3) is 5.91 Å². The summed E-state index contributed by atoms with van der Waals surface area (Å²) in [4.78, 5) is 19.9. The fraction of sp³-hybridized carbons (Fsp3) is 0.444. The number of thiazole rings is 1. The van der Waals surface area contributed by atoms with Gasteiger partial charge in [0.15, 0.2) is 23.2 Å². The molecule has 0 N–H and O–H groups in total. The zero-order valence-electron chi connectivity index (χ0n) is 14.3. The predicted octanol–water partition coefficient (Wildman–Crippen LogP) is 3.38. The van der Waals surface area contributed by atoms with Gasteiger partial charge >= 0.3 is 0 Å². The van der Waals surface area contributed by atoms with Gasteiger partial charge in [0, 0.05) is 11.9 Å². The van der Waals surface area contributed by atoms with Gasteiger partial charge in [0.1, 0.15) is 0 Å². The lowest BCUT2D eigenvalue weighted by molar-refractivity contribution is -0.120. The van der Waals surface area contributed by atoms with Crippen LogP contribution in [0.4, 0.5) is 5.13 Å². The molecular weight excluding hydrogens is 324 g/mol. The molecule has 0 aliphatic heterocycles. The summed E-state index contributed by atoms with van der Waals surface area (Å²) in [6.45, 7) is 1.94. The summed E-state index contributed by atoms with van der Waals surface area (Å²) in [5, 5.41) is 0.756. The summed E-state index contributed by atoms with van der Waals surface area (Å²) in [5.74, 6) is 1.09. The highest BCUT2D eigenvalue weighted by molar-refractivity contribution is 7.15. The van der Waals surface area contributed by atoms with Crippen LogP contribution in [0.5, 0.6) is 11.5 Å². The maximum Gasteiger partial charge on any atom is 0.266 e. The van der Waals surface area contributed by atoms with Crippen LogP contribution in [-0.2, 0) is 17.6 Å². The Morgan fingerprint density at radius 1 is 1.29 bits per heavy atom. The van der Waals surface area contributed by atoms with Crippen molar-refractivity contribution in [3.05, 3.63) is 34.3 Å². The summed E-state index contributed by atoms with van der Waals surface area (Å²) in [5.41, 5.74) is 2.23. The van der Waals surface area contributed by atoms with E-state index in [0.29, 0.717) is 11.5 Å². The lowest BCUT2D eigenvalue weighted by Crippen LogP contribution is -2.31. The summed E-state index contributed by atoms with van der Waals surface area (Å²) in [7, 11) is 3.35. The van der Waals surface area contributed by atoms with Gasteiger partial charge in [-0.05, 0) is 50.3 Å². The van der Waals surface area contributed by atoms with Crippen LogP contribution in [0.25, 0.3) is 0 Å². The number of nitrogens with zero attached hydrogens (tertiary/aromatic N) is 2. The molecule has 1 amide bonds. The highest BCUT2D eigenvalue weighted by atomic mass is 32.1. The zero-order chi connectivity index (χ0) is 17.1. The fourth-order valence-electron chi connectivity index (χ4n) is 2.72. The summed E-state index contributed by atoms with van der Waals surface area (Å²) in [6.07, 6.45) is 4.49. The van der Waals surface area contributed by atoms with Crippen molar-refractivity contribution in [2.45, 2.75) is 32.6 Å². The van der Waals surface area contributed by atoms with Crippen LogP contribution in [0.3, 0.4) is 0 Å². The van der Waals surface area contributed by atoms with Crippen molar-refractivity contribution in [2.24, 2.45) is 0 Å². The summed E-state index contributed by atoms with van der Waals surface area (Å²) < 4.78 is 10.9. The number of anilines is 1. The second-order valence-electron chi connectivity index (χ2n) is 5.97. The van der Waals surface area contributed by atoms with E-state index in [1.54, 1.807) is 30.4 Å². The van der Waals surface area contributed by atoms with Gasteiger partial charge in [-0.1, -0.05) is 6.07 Å². The molecule has 0 saturated heterocycles. The lowest BCUT2D eigenvalue weighted by Gasteiger charge is -2.15. The standard InChI is InChI=1S/C18H22N2O3S/c1-12-8-9-14(15(10-12)22-3)23-11-17(21)20(2)18-19-13-6-4-5-7-16(13)24-18/h8-10H,4-7,11H2,1-3H3. The minimum atomic E-state index is -0.122. The number of rotatable bonds is 5. The van der Waals surface area contributed by atoms with Crippen molar-refractivity contribution in [1.29, 1.82) is 0 Å². The molecule has 5 nitrogen and oxygen atoms in total. The molecule has 0 fully saturated rings. The average Bonchev–Trinajstić information content (AvgIpc) is 3.03. The highest BCUT2D eigenvalue weighted by Crippen LogP contribution is 2.32. The van der Waals surface area contributed by atoms with E-state index in [-0.39, 0.29) is 12.5 Å². The number of likely N-dealkylation sites (N-methyl/N-ethyl adjacent to an activating group) is 1. The van der Waals surface area contributed by atoms with Crippen molar-refractivity contribution >= 4 is 22.4 Å². The van der Waals surface area contributed by atoms with Gasteiger partial charge in [0.05, 0.1) is 12.8 Å². The Hall–Kier alpha value is -2.08. The van der Waals surface area contributed by atoms with Crippen LogP contribution in [0.2, 0.25) is 0 Å². The molecule has 0 bridgehead atoms. The van der Waals surface area contributed by atoms with E-state index in [0.717, 1.165) is 29.2 Å². The van der Waals surface area contributed by atoms with E-state index in [1.165, 1.54) is 17.7 Å². The number of hydrogen-bond donors (Lipinski definition) is 0. The molecule has 1 aliphatic rings. The molecule has 1 aromatic heterocycles. The summed E-state index contributed by atoms with van der Waals surface area (Å²) >= 11 is 1.62. The van der Waals surface area contributed by atoms with E-state index in [1.807, 2.05) is 25.1 Å². The molecule has 0 saturated carbocycles. The van der Waals surface area contributed by atoms with E-state index in [9.17, 15) is 4.79 Å². The molecule has 1 aliphatic carbocycles. The number of carbonyl (C=O) groups excluding carboxylic acids is 1. The largest absolute Gasteiger partial charge is 0.493 e. The van der Waals surface area contributed by atoms with Gasteiger partial charge in [0.2, 0.25) is 0 Å². The lowest BCUT2D eigenvalue weighted by atomic mass is 10.0. The van der Waals surface area contributed by atoms with E-state index in [4.69, 9.17) is 9.47 Å². The second-order valence-corrected chi connectivity index (χ2v) is 7.03. The molecule has 0 atom stereocenters. The minimum Gasteiger partial charge on any atom is -0.493 e. The van der Waals surface area contributed by atoms with E-state index < -0.39 is 0 Å². The van der Waals surface area contributed by atoms with Crippen LogP contribution in [0, 0.1) is 6.92 Å². The van der Waals surface area contributed by atoms with Crippen molar-refractivity contribution < 1.29 is 14.3 Å². The molecule has 0 unspecified atom stereocenters. The third-order valence-electron chi connectivity index (χ3n) is 4.17. The normalized spacial score (nSPS) is 13.3. The average molecular weight is 346 g/mol. The number of amides is 1. The molecule has 1 aromatic carbocycles. The first-order valence-corrected chi connectivity index (χ1v) is 8.92. The van der Waals surface area contributed by atoms with Gasteiger partial charge < -0.3 is 9.47 Å². The molecular formula is C18H22N2O3S. The smallest absolute Gasteiger partial charge is 0.266 e. The maximum atomic E-state index is 12.4. The first kappa shape index (κ1) is 16.8. The Morgan fingerprint density at radius 3 is 2.83 bits per heavy atom. The number of carbonyl (C=O) groups is 1. The Kier molecular flexibility index (Phi) is 5.04. The van der Waals surface area contributed by atoms with Gasteiger partial charge in [-0.3, -0.25) is 9.69 Å². The Bertz CT molecular complexity index is 718. The molecule has 0 radical (unpaired) electrons. The number of fused-ring (bicyclic) bond motifs is 1. The van der Waals surface area contributed by atoms with Gasteiger partial charge in [-0.25, -0.2) is 4.98 Å².